The molecule has 0 amide bonds. The van der Waals surface area contributed by atoms with Crippen molar-refractivity contribution in [3.63, 3.8) is 0 Å². The lowest BCUT2D eigenvalue weighted by molar-refractivity contribution is 0.598. The highest BCUT2D eigenvalue weighted by atomic mass is 79.9. The first-order valence-corrected chi connectivity index (χ1v) is 12.4. The van der Waals surface area contributed by atoms with Crippen LogP contribution in [0.3, 0.4) is 0 Å². The molecule has 0 aliphatic rings. The largest absolute Gasteiger partial charge is 0.238 e. The average Bonchev–Trinajstić information content (AvgIpc) is 3.18. The second-order valence-corrected chi connectivity index (χ2v) is 10.2. The molecule has 0 bridgehead atoms. The van der Waals surface area contributed by atoms with Crippen molar-refractivity contribution in [2.24, 2.45) is 5.14 Å². The number of benzene rings is 3. The highest BCUT2D eigenvalue weighted by Crippen LogP contribution is 2.27. The molecule has 0 radical (unpaired) electrons. The molecule has 0 aliphatic carbocycles. The molecule has 4 aromatic rings. The van der Waals surface area contributed by atoms with E-state index < -0.39 is 10.0 Å². The summed E-state index contributed by atoms with van der Waals surface area (Å²) < 4.78 is 27.0. The van der Waals surface area contributed by atoms with Gasteiger partial charge in [-0.05, 0) is 66.2 Å². The van der Waals surface area contributed by atoms with Crippen LogP contribution in [0.1, 0.15) is 11.3 Å². The van der Waals surface area contributed by atoms with Crippen LogP contribution in [0.4, 0.5) is 0 Å². The van der Waals surface area contributed by atoms with E-state index in [-0.39, 0.29) is 4.90 Å². The Morgan fingerprint density at radius 1 is 0.806 bits per heavy atom. The molecule has 0 saturated heterocycles. The summed E-state index contributed by atoms with van der Waals surface area (Å²) >= 11 is 6.90. The Labute approximate surface area is 197 Å². The van der Waals surface area contributed by atoms with Crippen molar-refractivity contribution >= 4 is 54.0 Å². The van der Waals surface area contributed by atoms with Gasteiger partial charge in [0.1, 0.15) is 0 Å². The second-order valence-electron chi connectivity index (χ2n) is 6.80. The summed E-state index contributed by atoms with van der Waals surface area (Å²) in [6.07, 6.45) is 3.94. The highest BCUT2D eigenvalue weighted by molar-refractivity contribution is 9.10. The predicted octanol–water partition coefficient (Wildman–Crippen LogP) is 5.88. The maximum Gasteiger partial charge on any atom is 0.238 e. The summed E-state index contributed by atoms with van der Waals surface area (Å²) in [6, 6.07) is 24.3. The minimum atomic E-state index is -3.76. The Hall–Kier alpha value is -2.52. The number of aromatic nitrogens is 2. The first kappa shape index (κ1) is 21.7. The lowest BCUT2D eigenvalue weighted by Crippen LogP contribution is -2.12. The van der Waals surface area contributed by atoms with Crippen LogP contribution < -0.4 is 5.14 Å². The second kappa shape index (κ2) is 8.92. The Morgan fingerprint density at radius 3 is 1.97 bits per heavy atom. The number of nitrogens with zero attached hydrogens (tertiary/aromatic N) is 2. The molecule has 1 heterocycles. The van der Waals surface area contributed by atoms with Gasteiger partial charge in [-0.2, -0.15) is 5.10 Å². The third-order valence-corrected chi connectivity index (χ3v) is 6.58. The van der Waals surface area contributed by atoms with Gasteiger partial charge in [0.15, 0.2) is 0 Å². The standard InChI is InChI=1S/C23H17Br2N3O2S/c24-18-6-1-16(2-7-18)3-10-20-15-23(17-4-8-19(25)9-5-17)28(27-20)21-11-13-22(14-12-21)31(26,29)30/h1-15H,(H2,26,29,30)/b10-3+. The molecule has 0 saturated carbocycles. The Morgan fingerprint density at radius 2 is 1.39 bits per heavy atom. The zero-order valence-corrected chi connectivity index (χ0v) is 20.1. The van der Waals surface area contributed by atoms with Gasteiger partial charge in [0, 0.05) is 14.5 Å². The molecule has 3 aromatic carbocycles. The van der Waals surface area contributed by atoms with E-state index in [0.717, 1.165) is 37.1 Å². The van der Waals surface area contributed by atoms with E-state index in [2.05, 4.69) is 31.9 Å². The zero-order chi connectivity index (χ0) is 22.0. The van der Waals surface area contributed by atoms with Gasteiger partial charge in [-0.15, -0.1) is 0 Å². The molecule has 0 unspecified atom stereocenters. The number of rotatable bonds is 5. The minimum Gasteiger partial charge on any atom is -0.233 e. The molecule has 4 rings (SSSR count). The lowest BCUT2D eigenvalue weighted by Gasteiger charge is -2.08. The van der Waals surface area contributed by atoms with Crippen molar-refractivity contribution < 1.29 is 8.42 Å². The van der Waals surface area contributed by atoms with Crippen LogP contribution in [-0.4, -0.2) is 18.2 Å². The Balaban J connectivity index is 1.77. The molecular weight excluding hydrogens is 542 g/mol. The summed E-state index contributed by atoms with van der Waals surface area (Å²) in [5.41, 5.74) is 4.42. The molecule has 0 spiro atoms. The van der Waals surface area contributed by atoms with Crippen molar-refractivity contribution in [1.29, 1.82) is 0 Å². The molecule has 31 heavy (non-hydrogen) atoms. The maximum absolute atomic E-state index is 11.6. The van der Waals surface area contributed by atoms with Gasteiger partial charge in [-0.1, -0.05) is 62.2 Å². The summed E-state index contributed by atoms with van der Waals surface area (Å²) in [7, 11) is -3.76. The van der Waals surface area contributed by atoms with Gasteiger partial charge >= 0.3 is 0 Å². The maximum atomic E-state index is 11.6. The third-order valence-electron chi connectivity index (χ3n) is 4.59. The monoisotopic (exact) mass is 557 g/mol. The van der Waals surface area contributed by atoms with Crippen LogP contribution in [0, 0.1) is 0 Å². The predicted molar refractivity (Wildman–Crippen MR) is 131 cm³/mol. The summed E-state index contributed by atoms with van der Waals surface area (Å²) in [4.78, 5) is 0.0592. The number of hydrogen-bond acceptors (Lipinski definition) is 3. The zero-order valence-electron chi connectivity index (χ0n) is 16.1. The van der Waals surface area contributed by atoms with Crippen LogP contribution >= 0.6 is 31.9 Å². The van der Waals surface area contributed by atoms with Crippen molar-refractivity contribution in [3.8, 4) is 16.9 Å². The fraction of sp³-hybridized carbons (Fsp3) is 0. The number of halogens is 2. The van der Waals surface area contributed by atoms with Crippen molar-refractivity contribution in [1.82, 2.24) is 9.78 Å². The number of primary sulfonamides is 1. The van der Waals surface area contributed by atoms with Crippen molar-refractivity contribution in [3.05, 3.63) is 99.1 Å². The smallest absolute Gasteiger partial charge is 0.233 e. The fourth-order valence-electron chi connectivity index (χ4n) is 3.04. The normalized spacial score (nSPS) is 11.8. The molecule has 8 heteroatoms. The number of hydrogen-bond donors (Lipinski definition) is 1. The first-order valence-electron chi connectivity index (χ1n) is 9.22. The third kappa shape index (κ3) is 5.22. The molecule has 0 fully saturated rings. The van der Waals surface area contributed by atoms with E-state index in [1.165, 1.54) is 12.1 Å². The van der Waals surface area contributed by atoms with Crippen LogP contribution in [-0.2, 0) is 10.0 Å². The van der Waals surface area contributed by atoms with E-state index in [0.29, 0.717) is 0 Å². The highest BCUT2D eigenvalue weighted by Gasteiger charge is 2.13. The van der Waals surface area contributed by atoms with Crippen LogP contribution in [0.15, 0.2) is 92.7 Å². The molecule has 1 aromatic heterocycles. The van der Waals surface area contributed by atoms with Crippen molar-refractivity contribution in [2.75, 3.05) is 0 Å². The minimum absolute atomic E-state index is 0.0592. The number of nitrogens with two attached hydrogens (primary N) is 1. The molecule has 0 aliphatic heterocycles. The van der Waals surface area contributed by atoms with Crippen LogP contribution in [0.25, 0.3) is 29.1 Å². The van der Waals surface area contributed by atoms with Crippen LogP contribution in [0.2, 0.25) is 0 Å². The molecule has 2 N–H and O–H groups in total. The van der Waals surface area contributed by atoms with E-state index in [4.69, 9.17) is 10.2 Å². The number of sulfonamides is 1. The topological polar surface area (TPSA) is 78.0 Å². The summed E-state index contributed by atoms with van der Waals surface area (Å²) in [5, 5.41) is 9.95. The molecule has 5 nitrogen and oxygen atoms in total. The lowest BCUT2D eigenvalue weighted by atomic mass is 10.1. The van der Waals surface area contributed by atoms with E-state index in [9.17, 15) is 8.42 Å². The van der Waals surface area contributed by atoms with Gasteiger partial charge < -0.3 is 0 Å². The van der Waals surface area contributed by atoms with Gasteiger partial charge in [-0.3, -0.25) is 0 Å². The Kier molecular flexibility index (Phi) is 6.24. The first-order chi connectivity index (χ1) is 14.8. The Bertz CT molecular complexity index is 1340. The van der Waals surface area contributed by atoms with E-state index >= 15 is 0 Å². The summed E-state index contributed by atoms with van der Waals surface area (Å²) in [5.74, 6) is 0. The average molecular weight is 559 g/mol. The summed E-state index contributed by atoms with van der Waals surface area (Å²) in [6.45, 7) is 0. The van der Waals surface area contributed by atoms with E-state index in [1.54, 1.807) is 16.8 Å². The molecular formula is C23H17Br2N3O2S. The van der Waals surface area contributed by atoms with Crippen LogP contribution in [0.5, 0.6) is 0 Å². The molecule has 0 atom stereocenters. The SMILES string of the molecule is NS(=O)(=O)c1ccc(-n2nc(/C=C/c3ccc(Br)cc3)cc2-c2ccc(Br)cc2)cc1. The quantitative estimate of drug-likeness (QED) is 0.332. The fourth-order valence-corrected chi connectivity index (χ4v) is 4.08. The van der Waals surface area contributed by atoms with Gasteiger partial charge in [-0.25, -0.2) is 18.2 Å². The van der Waals surface area contributed by atoms with Crippen molar-refractivity contribution in [2.45, 2.75) is 4.90 Å². The van der Waals surface area contributed by atoms with Gasteiger partial charge in [0.2, 0.25) is 10.0 Å². The van der Waals surface area contributed by atoms with Gasteiger partial charge in [0.25, 0.3) is 0 Å². The molecule has 156 valence electrons. The van der Waals surface area contributed by atoms with Gasteiger partial charge in [0.05, 0.1) is 22.0 Å². The van der Waals surface area contributed by atoms with E-state index in [1.807, 2.05) is 66.7 Å².